The molecule has 1 saturated carbocycles. The second kappa shape index (κ2) is 8.75. The SMILES string of the molecule is COc1ccc(CSc2nc3ccc(N4C(=O)[C@H]5CCCC[C@H]5C4=O)cc3s2)cc1[N+](=O)[O-]. The molecule has 1 aliphatic carbocycles. The molecule has 3 aromatic rings. The zero-order chi connectivity index (χ0) is 23.1. The molecule has 2 aliphatic rings. The van der Waals surface area contributed by atoms with Crippen molar-refractivity contribution in [2.45, 2.75) is 35.8 Å². The average Bonchev–Trinajstić information content (AvgIpc) is 3.35. The molecule has 1 saturated heterocycles. The highest BCUT2D eigenvalue weighted by atomic mass is 32.2. The van der Waals surface area contributed by atoms with Gasteiger partial charge in [0.2, 0.25) is 11.8 Å². The van der Waals surface area contributed by atoms with Crippen LogP contribution in [0, 0.1) is 22.0 Å². The van der Waals surface area contributed by atoms with E-state index in [0.717, 1.165) is 45.8 Å². The first-order chi connectivity index (χ1) is 16.0. The minimum atomic E-state index is -0.455. The normalized spacial score (nSPS) is 20.3. The van der Waals surface area contributed by atoms with Crippen LogP contribution in [-0.4, -0.2) is 28.8 Å². The van der Waals surface area contributed by atoms with Crippen molar-refractivity contribution in [3.63, 3.8) is 0 Å². The molecule has 170 valence electrons. The molecule has 0 spiro atoms. The predicted octanol–water partition coefficient (Wildman–Crippen LogP) is 5.19. The summed E-state index contributed by atoms with van der Waals surface area (Å²) in [6.07, 6.45) is 3.58. The van der Waals surface area contributed by atoms with E-state index in [1.807, 2.05) is 12.1 Å². The van der Waals surface area contributed by atoms with E-state index in [0.29, 0.717) is 11.4 Å². The summed E-state index contributed by atoms with van der Waals surface area (Å²) in [6, 6.07) is 10.4. The van der Waals surface area contributed by atoms with Crippen LogP contribution in [-0.2, 0) is 15.3 Å². The second-order valence-corrected chi connectivity index (χ2v) is 10.4. The fraction of sp³-hybridized carbons (Fsp3) is 0.348. The van der Waals surface area contributed by atoms with Crippen molar-refractivity contribution < 1.29 is 19.2 Å². The van der Waals surface area contributed by atoms with Crippen molar-refractivity contribution in [3.8, 4) is 5.75 Å². The molecule has 8 nitrogen and oxygen atoms in total. The number of hydrogen-bond donors (Lipinski definition) is 0. The number of nitro groups is 1. The van der Waals surface area contributed by atoms with E-state index in [1.54, 1.807) is 18.2 Å². The van der Waals surface area contributed by atoms with Gasteiger partial charge in [-0.2, -0.15) is 0 Å². The molecular formula is C23H21N3O5S2. The Morgan fingerprint density at radius 1 is 1.15 bits per heavy atom. The Morgan fingerprint density at radius 3 is 2.55 bits per heavy atom. The van der Waals surface area contributed by atoms with Crippen LogP contribution in [0.1, 0.15) is 31.2 Å². The molecule has 2 fully saturated rings. The number of anilines is 1. The summed E-state index contributed by atoms with van der Waals surface area (Å²) >= 11 is 2.96. The molecule has 1 aromatic heterocycles. The number of imide groups is 1. The number of thioether (sulfide) groups is 1. The summed E-state index contributed by atoms with van der Waals surface area (Å²) in [6.45, 7) is 0. The van der Waals surface area contributed by atoms with Gasteiger partial charge in [-0.25, -0.2) is 4.98 Å². The van der Waals surface area contributed by atoms with Crippen LogP contribution in [0.5, 0.6) is 5.75 Å². The third kappa shape index (κ3) is 3.97. The standard InChI is InChI=1S/C23H21N3O5S2/c1-31-19-9-6-13(10-18(19)26(29)30)12-32-23-24-17-8-7-14(11-20(17)33-23)25-21(27)15-4-2-3-5-16(15)22(25)28/h6-11,15-16H,2-5,12H2,1H3/t15-,16+. The molecular weight excluding hydrogens is 462 g/mol. The Labute approximate surface area is 198 Å². The Balaban J connectivity index is 1.35. The van der Waals surface area contributed by atoms with E-state index >= 15 is 0 Å². The largest absolute Gasteiger partial charge is 0.490 e. The van der Waals surface area contributed by atoms with Crippen molar-refractivity contribution in [1.29, 1.82) is 0 Å². The minimum Gasteiger partial charge on any atom is -0.490 e. The van der Waals surface area contributed by atoms with Crippen molar-refractivity contribution in [1.82, 2.24) is 4.98 Å². The van der Waals surface area contributed by atoms with Gasteiger partial charge < -0.3 is 4.74 Å². The summed E-state index contributed by atoms with van der Waals surface area (Å²) < 4.78 is 6.76. The fourth-order valence-corrected chi connectivity index (χ4v) is 6.67. The van der Waals surface area contributed by atoms with Gasteiger partial charge in [0.05, 0.1) is 39.8 Å². The lowest BCUT2D eigenvalue weighted by Crippen LogP contribution is -2.30. The van der Waals surface area contributed by atoms with Crippen LogP contribution < -0.4 is 9.64 Å². The van der Waals surface area contributed by atoms with Gasteiger partial charge in [-0.15, -0.1) is 11.3 Å². The van der Waals surface area contributed by atoms with Crippen LogP contribution in [0.15, 0.2) is 40.7 Å². The van der Waals surface area contributed by atoms with Gasteiger partial charge in [-0.1, -0.05) is 30.7 Å². The van der Waals surface area contributed by atoms with Crippen molar-refractivity contribution >= 4 is 56.5 Å². The fourth-order valence-electron chi connectivity index (χ4n) is 4.62. The van der Waals surface area contributed by atoms with E-state index < -0.39 is 4.92 Å². The number of nitro benzene ring substituents is 1. The van der Waals surface area contributed by atoms with Crippen LogP contribution >= 0.6 is 23.1 Å². The first kappa shape index (κ1) is 21.8. The highest BCUT2D eigenvalue weighted by Gasteiger charge is 2.48. The Kier molecular flexibility index (Phi) is 5.79. The van der Waals surface area contributed by atoms with Crippen LogP contribution in [0.4, 0.5) is 11.4 Å². The van der Waals surface area contributed by atoms with Gasteiger partial charge in [-0.05, 0) is 42.7 Å². The van der Waals surface area contributed by atoms with Crippen LogP contribution in [0.25, 0.3) is 10.2 Å². The number of rotatable bonds is 6. The van der Waals surface area contributed by atoms with Gasteiger partial charge in [-0.3, -0.25) is 24.6 Å². The number of amides is 2. The predicted molar refractivity (Wildman–Crippen MR) is 127 cm³/mol. The molecule has 0 radical (unpaired) electrons. The topological polar surface area (TPSA) is 103 Å². The molecule has 2 atom stereocenters. The van der Waals surface area contributed by atoms with E-state index in [1.165, 1.54) is 41.2 Å². The quantitative estimate of drug-likeness (QED) is 0.206. The summed E-state index contributed by atoms with van der Waals surface area (Å²) in [5.74, 6) is 0.232. The molecule has 0 bridgehead atoms. The van der Waals surface area contributed by atoms with Crippen molar-refractivity contribution in [3.05, 3.63) is 52.1 Å². The summed E-state index contributed by atoms with van der Waals surface area (Å²) in [4.78, 5) is 42.6. The zero-order valence-corrected chi connectivity index (χ0v) is 19.5. The molecule has 2 heterocycles. The maximum atomic E-state index is 12.9. The lowest BCUT2D eigenvalue weighted by Gasteiger charge is -2.19. The summed E-state index contributed by atoms with van der Waals surface area (Å²) in [7, 11) is 1.41. The first-order valence-electron chi connectivity index (χ1n) is 10.7. The summed E-state index contributed by atoms with van der Waals surface area (Å²) in [5, 5.41) is 11.3. The number of carbonyl (C=O) groups is 2. The number of thiazole rings is 1. The highest BCUT2D eigenvalue weighted by Crippen LogP contribution is 2.41. The smallest absolute Gasteiger partial charge is 0.311 e. The van der Waals surface area contributed by atoms with E-state index in [4.69, 9.17) is 4.74 Å². The average molecular weight is 484 g/mol. The third-order valence-corrected chi connectivity index (χ3v) is 8.49. The molecule has 10 heteroatoms. The van der Waals surface area contributed by atoms with Gasteiger partial charge in [0.15, 0.2) is 10.1 Å². The second-order valence-electron chi connectivity index (χ2n) is 8.19. The number of ether oxygens (including phenoxy) is 1. The van der Waals surface area contributed by atoms with Crippen molar-refractivity contribution in [2.75, 3.05) is 12.0 Å². The minimum absolute atomic E-state index is 0.0648. The molecule has 33 heavy (non-hydrogen) atoms. The Bertz CT molecular complexity index is 1250. The van der Waals surface area contributed by atoms with E-state index in [-0.39, 0.29) is 35.1 Å². The molecule has 0 N–H and O–H groups in total. The van der Waals surface area contributed by atoms with Crippen LogP contribution in [0.2, 0.25) is 0 Å². The molecule has 5 rings (SSSR count). The lowest BCUT2D eigenvalue weighted by molar-refractivity contribution is -0.385. The number of benzene rings is 2. The Morgan fingerprint density at radius 2 is 1.88 bits per heavy atom. The molecule has 2 aromatic carbocycles. The van der Waals surface area contributed by atoms with Gasteiger partial charge >= 0.3 is 5.69 Å². The zero-order valence-electron chi connectivity index (χ0n) is 17.9. The van der Waals surface area contributed by atoms with Gasteiger partial charge in [0.1, 0.15) is 0 Å². The maximum absolute atomic E-state index is 12.9. The number of carbonyl (C=O) groups excluding carboxylic acids is 2. The maximum Gasteiger partial charge on any atom is 0.311 e. The first-order valence-corrected chi connectivity index (χ1v) is 12.5. The lowest BCUT2D eigenvalue weighted by atomic mass is 9.81. The van der Waals surface area contributed by atoms with Gasteiger partial charge in [0, 0.05) is 11.8 Å². The summed E-state index contributed by atoms with van der Waals surface area (Å²) in [5.41, 5.74) is 2.13. The molecule has 1 aliphatic heterocycles. The highest BCUT2D eigenvalue weighted by molar-refractivity contribution is 8.00. The monoisotopic (exact) mass is 483 g/mol. The van der Waals surface area contributed by atoms with E-state index in [2.05, 4.69) is 4.98 Å². The number of nitrogens with zero attached hydrogens (tertiary/aromatic N) is 3. The van der Waals surface area contributed by atoms with Crippen LogP contribution in [0.3, 0.4) is 0 Å². The molecule has 0 unspecified atom stereocenters. The van der Waals surface area contributed by atoms with E-state index in [9.17, 15) is 19.7 Å². The van der Waals surface area contributed by atoms with Gasteiger partial charge in [0.25, 0.3) is 0 Å². The number of hydrogen-bond acceptors (Lipinski definition) is 8. The number of fused-ring (bicyclic) bond motifs is 2. The number of aromatic nitrogens is 1. The Hall–Kier alpha value is -2.98. The third-order valence-electron chi connectivity index (χ3n) is 6.25. The van der Waals surface area contributed by atoms with Crippen molar-refractivity contribution in [2.24, 2.45) is 11.8 Å². The molecule has 2 amide bonds. The number of methoxy groups -OCH3 is 1.